The van der Waals surface area contributed by atoms with Crippen LogP contribution in [0.15, 0.2) is 10.7 Å². The molecule has 1 aromatic rings. The highest BCUT2D eigenvalue weighted by Crippen LogP contribution is 2.03. The lowest BCUT2D eigenvalue weighted by Gasteiger charge is -2.02. The molecule has 0 atom stereocenters. The zero-order valence-corrected chi connectivity index (χ0v) is 8.44. The maximum absolute atomic E-state index is 8.12. The van der Waals surface area contributed by atoms with E-state index < -0.39 is 0 Å². The van der Waals surface area contributed by atoms with E-state index in [-0.39, 0.29) is 12.3 Å². The maximum atomic E-state index is 8.12. The molecule has 0 unspecified atom stereocenters. The van der Waals surface area contributed by atoms with Crippen molar-refractivity contribution >= 4 is 6.15 Å². The molecular weight excluding hydrogens is 186 g/mol. The highest BCUT2D eigenvalue weighted by molar-refractivity contribution is 5.20. The predicted octanol–water partition coefficient (Wildman–Crippen LogP) is 1.32. The van der Waals surface area contributed by atoms with Gasteiger partial charge in [-0.3, -0.25) is 0 Å². The van der Waals surface area contributed by atoms with Crippen molar-refractivity contribution in [1.29, 1.82) is 0 Å². The lowest BCUT2D eigenvalue weighted by molar-refractivity contribution is -0.191. The van der Waals surface area contributed by atoms with Crippen molar-refractivity contribution in [3.63, 3.8) is 0 Å². The Bertz CT molecular complexity index is 287. The molecule has 0 saturated carbocycles. The molecule has 1 heterocycles. The number of hydrogen-bond acceptors (Lipinski definition) is 5. The first-order chi connectivity index (χ1) is 6.60. The second-order valence-electron chi connectivity index (χ2n) is 2.83. The zero-order valence-electron chi connectivity index (χ0n) is 8.44. The molecule has 0 bridgehead atoms. The van der Waals surface area contributed by atoms with E-state index in [1.165, 1.54) is 0 Å². The lowest BCUT2D eigenvalue weighted by atomic mass is 10.5. The molecule has 0 saturated heterocycles. The number of aryl methyl sites for hydroxylation is 1. The molecule has 0 spiro atoms. The summed E-state index contributed by atoms with van der Waals surface area (Å²) in [4.78, 5) is 20.3. The summed E-state index contributed by atoms with van der Waals surface area (Å²) < 4.78 is 10.4. The van der Waals surface area contributed by atoms with E-state index in [9.17, 15) is 0 Å². The maximum Gasteiger partial charge on any atom is 0.373 e. The SMILES string of the molecule is Cc1coc(COC(C)C)n1.O=C=O. The van der Waals surface area contributed by atoms with Crippen LogP contribution in [0.3, 0.4) is 0 Å². The molecule has 0 aliphatic rings. The van der Waals surface area contributed by atoms with Crippen molar-refractivity contribution in [2.45, 2.75) is 33.5 Å². The molecule has 5 heteroatoms. The third-order valence-corrected chi connectivity index (χ3v) is 1.21. The largest absolute Gasteiger partial charge is 0.446 e. The highest BCUT2D eigenvalue weighted by Gasteiger charge is 2.01. The van der Waals surface area contributed by atoms with E-state index >= 15 is 0 Å². The monoisotopic (exact) mass is 199 g/mol. The van der Waals surface area contributed by atoms with Crippen molar-refractivity contribution in [2.75, 3.05) is 0 Å². The summed E-state index contributed by atoms with van der Waals surface area (Å²) in [6.07, 6.45) is 2.10. The molecule has 5 nitrogen and oxygen atoms in total. The van der Waals surface area contributed by atoms with Gasteiger partial charge in [0.15, 0.2) is 0 Å². The van der Waals surface area contributed by atoms with Gasteiger partial charge in [-0.25, -0.2) is 4.98 Å². The molecule has 0 radical (unpaired) electrons. The molecule has 1 rings (SSSR count). The van der Waals surface area contributed by atoms with E-state index in [0.29, 0.717) is 12.5 Å². The van der Waals surface area contributed by atoms with Crippen LogP contribution >= 0.6 is 0 Å². The van der Waals surface area contributed by atoms with E-state index in [1.54, 1.807) is 6.26 Å². The minimum absolute atomic E-state index is 0.224. The molecular formula is C9H13NO4. The number of ether oxygens (including phenoxy) is 1. The van der Waals surface area contributed by atoms with E-state index in [0.717, 1.165) is 5.69 Å². The van der Waals surface area contributed by atoms with Gasteiger partial charge in [0.25, 0.3) is 0 Å². The van der Waals surface area contributed by atoms with Gasteiger partial charge in [0.2, 0.25) is 5.89 Å². The summed E-state index contributed by atoms with van der Waals surface area (Å²) >= 11 is 0. The van der Waals surface area contributed by atoms with E-state index in [2.05, 4.69) is 4.98 Å². The quantitative estimate of drug-likeness (QED) is 0.734. The normalized spacial score (nSPS) is 9.14. The predicted molar refractivity (Wildman–Crippen MR) is 46.2 cm³/mol. The second-order valence-corrected chi connectivity index (χ2v) is 2.83. The third-order valence-electron chi connectivity index (χ3n) is 1.21. The van der Waals surface area contributed by atoms with Crippen LogP contribution < -0.4 is 0 Å². The fraction of sp³-hybridized carbons (Fsp3) is 0.556. The number of aromatic nitrogens is 1. The summed E-state index contributed by atoms with van der Waals surface area (Å²) in [5.74, 6) is 0.649. The van der Waals surface area contributed by atoms with Crippen molar-refractivity contribution < 1.29 is 18.7 Å². The van der Waals surface area contributed by atoms with Crippen LogP contribution in [0.4, 0.5) is 0 Å². The molecule has 14 heavy (non-hydrogen) atoms. The first-order valence-electron chi connectivity index (χ1n) is 4.12. The lowest BCUT2D eigenvalue weighted by Crippen LogP contribution is -2.02. The minimum Gasteiger partial charge on any atom is -0.446 e. The summed E-state index contributed by atoms with van der Waals surface area (Å²) in [5.41, 5.74) is 0.896. The summed E-state index contributed by atoms with van der Waals surface area (Å²) in [6.45, 7) is 6.32. The van der Waals surface area contributed by atoms with Gasteiger partial charge in [-0.1, -0.05) is 0 Å². The van der Waals surface area contributed by atoms with Crippen LogP contribution in [0, 0.1) is 6.92 Å². The van der Waals surface area contributed by atoms with Crippen LogP contribution in [0.2, 0.25) is 0 Å². The Balaban J connectivity index is 0.000000500. The molecule has 0 aliphatic carbocycles. The average molecular weight is 199 g/mol. The molecule has 0 aromatic carbocycles. The molecule has 0 N–H and O–H groups in total. The molecule has 0 amide bonds. The third kappa shape index (κ3) is 6.11. The van der Waals surface area contributed by atoms with Crippen LogP contribution in [0.25, 0.3) is 0 Å². The van der Waals surface area contributed by atoms with Gasteiger partial charge < -0.3 is 9.15 Å². The van der Waals surface area contributed by atoms with Gasteiger partial charge in [0, 0.05) is 0 Å². The summed E-state index contributed by atoms with van der Waals surface area (Å²) in [6, 6.07) is 0. The first-order valence-corrected chi connectivity index (χ1v) is 4.12. The smallest absolute Gasteiger partial charge is 0.373 e. The van der Waals surface area contributed by atoms with Crippen molar-refractivity contribution in [1.82, 2.24) is 4.98 Å². The zero-order chi connectivity index (χ0) is 11.0. The minimum atomic E-state index is 0.224. The Morgan fingerprint density at radius 2 is 2.14 bits per heavy atom. The van der Waals surface area contributed by atoms with Crippen LogP contribution in [0.1, 0.15) is 25.4 Å². The summed E-state index contributed by atoms with van der Waals surface area (Å²) in [5, 5.41) is 0. The van der Waals surface area contributed by atoms with Gasteiger partial charge in [0.05, 0.1) is 11.8 Å². The number of oxazole rings is 1. The number of hydrogen-bond donors (Lipinski definition) is 0. The highest BCUT2D eigenvalue weighted by atomic mass is 16.5. The topological polar surface area (TPSA) is 69.4 Å². The molecule has 0 fully saturated rings. The van der Waals surface area contributed by atoms with Crippen molar-refractivity contribution in [3.8, 4) is 0 Å². The Labute approximate surface area is 82.1 Å². The standard InChI is InChI=1S/C8H13NO2.CO2/c1-6(2)10-5-8-9-7(3)4-11-8;2-1-3/h4,6H,5H2,1-3H3;. The van der Waals surface area contributed by atoms with E-state index in [4.69, 9.17) is 18.7 Å². The second kappa shape index (κ2) is 7.00. The Kier molecular flexibility index (Phi) is 6.28. The van der Waals surface area contributed by atoms with Crippen LogP contribution in [-0.4, -0.2) is 17.2 Å². The van der Waals surface area contributed by atoms with Gasteiger partial charge in [-0.15, -0.1) is 0 Å². The van der Waals surface area contributed by atoms with Gasteiger partial charge in [0.1, 0.15) is 12.9 Å². The molecule has 78 valence electrons. The number of carbonyl (C=O) groups excluding carboxylic acids is 2. The number of nitrogens with zero attached hydrogens (tertiary/aromatic N) is 1. The van der Waals surface area contributed by atoms with E-state index in [1.807, 2.05) is 20.8 Å². The fourth-order valence-corrected chi connectivity index (χ4v) is 0.707. The Hall–Kier alpha value is -1.45. The van der Waals surface area contributed by atoms with Crippen LogP contribution in [0.5, 0.6) is 0 Å². The first kappa shape index (κ1) is 12.6. The van der Waals surface area contributed by atoms with Crippen molar-refractivity contribution in [3.05, 3.63) is 17.8 Å². The summed E-state index contributed by atoms with van der Waals surface area (Å²) in [7, 11) is 0. The van der Waals surface area contributed by atoms with Crippen LogP contribution in [-0.2, 0) is 20.9 Å². The molecule has 1 aromatic heterocycles. The Morgan fingerprint density at radius 1 is 1.57 bits per heavy atom. The van der Waals surface area contributed by atoms with Gasteiger partial charge >= 0.3 is 6.15 Å². The van der Waals surface area contributed by atoms with Crippen molar-refractivity contribution in [2.24, 2.45) is 0 Å². The number of rotatable bonds is 3. The molecule has 0 aliphatic heterocycles. The fourth-order valence-electron chi connectivity index (χ4n) is 0.707. The Morgan fingerprint density at radius 3 is 2.50 bits per heavy atom. The van der Waals surface area contributed by atoms with Gasteiger partial charge in [-0.05, 0) is 20.8 Å². The average Bonchev–Trinajstić information content (AvgIpc) is 2.49. The van der Waals surface area contributed by atoms with Gasteiger partial charge in [-0.2, -0.15) is 9.59 Å².